The predicted octanol–water partition coefficient (Wildman–Crippen LogP) is 1.14. The Kier molecular flexibility index (Phi) is 3.85. The molecule has 2 N–H and O–H groups in total. The third kappa shape index (κ3) is 2.76. The van der Waals surface area contributed by atoms with Crippen molar-refractivity contribution in [3.05, 3.63) is 23.8 Å². The summed E-state index contributed by atoms with van der Waals surface area (Å²) in [5, 5.41) is 6.07. The number of hydrogen-bond acceptors (Lipinski definition) is 4. The molecule has 1 aromatic carbocycles. The van der Waals surface area contributed by atoms with Gasteiger partial charge in [0.05, 0.1) is 18.7 Å². The highest BCUT2D eigenvalue weighted by atomic mass is 16.2. The van der Waals surface area contributed by atoms with Crippen LogP contribution in [0.2, 0.25) is 0 Å². The average molecular weight is 261 g/mol. The van der Waals surface area contributed by atoms with Crippen LogP contribution in [0.5, 0.6) is 0 Å². The summed E-state index contributed by atoms with van der Waals surface area (Å²) in [7, 11) is 1.83. The van der Waals surface area contributed by atoms with Crippen molar-refractivity contribution in [3.8, 4) is 0 Å². The van der Waals surface area contributed by atoms with E-state index in [0.717, 1.165) is 11.3 Å². The third-order valence-corrected chi connectivity index (χ3v) is 3.11. The van der Waals surface area contributed by atoms with Gasteiger partial charge in [0.2, 0.25) is 11.8 Å². The van der Waals surface area contributed by atoms with Crippen LogP contribution in [-0.2, 0) is 16.0 Å². The van der Waals surface area contributed by atoms with Crippen molar-refractivity contribution in [2.45, 2.75) is 26.3 Å². The van der Waals surface area contributed by atoms with E-state index in [9.17, 15) is 9.59 Å². The lowest BCUT2D eigenvalue weighted by Crippen LogP contribution is -2.41. The number of nitrogens with one attached hydrogen (secondary N) is 2. The highest BCUT2D eigenvalue weighted by Crippen LogP contribution is 2.31. The Morgan fingerprint density at radius 3 is 2.79 bits per heavy atom. The van der Waals surface area contributed by atoms with E-state index >= 15 is 0 Å². The molecule has 1 aliphatic rings. The number of hydrogen-bond donors (Lipinski definition) is 2. The molecule has 1 heterocycles. The Morgan fingerprint density at radius 2 is 2.16 bits per heavy atom. The minimum absolute atomic E-state index is 0.154. The first-order valence-electron chi connectivity index (χ1n) is 6.42. The van der Waals surface area contributed by atoms with Crippen LogP contribution >= 0.6 is 0 Å². The molecule has 0 saturated heterocycles. The lowest BCUT2D eigenvalue weighted by Gasteiger charge is -2.17. The van der Waals surface area contributed by atoms with E-state index in [1.165, 1.54) is 4.90 Å². The lowest BCUT2D eigenvalue weighted by molar-refractivity contribution is -0.125. The molecule has 0 unspecified atom stereocenters. The summed E-state index contributed by atoms with van der Waals surface area (Å²) in [5.74, 6) is -0.353. The van der Waals surface area contributed by atoms with Crippen molar-refractivity contribution in [1.29, 1.82) is 0 Å². The Morgan fingerprint density at radius 1 is 1.42 bits per heavy atom. The first-order chi connectivity index (χ1) is 9.02. The van der Waals surface area contributed by atoms with Crippen LogP contribution in [0.1, 0.15) is 19.4 Å². The SMILES string of the molecule is CNc1ccc2c(c1)CC(=O)N2C(=O)CNC(C)C. The molecule has 2 rings (SSSR count). The second kappa shape index (κ2) is 5.40. The fourth-order valence-corrected chi connectivity index (χ4v) is 2.12. The van der Waals surface area contributed by atoms with E-state index in [-0.39, 0.29) is 30.8 Å². The molecule has 2 amide bonds. The van der Waals surface area contributed by atoms with Crippen molar-refractivity contribution in [2.24, 2.45) is 0 Å². The van der Waals surface area contributed by atoms with Gasteiger partial charge in [-0.05, 0) is 23.8 Å². The fourth-order valence-electron chi connectivity index (χ4n) is 2.12. The molecule has 1 aromatic rings. The average Bonchev–Trinajstić information content (AvgIpc) is 2.70. The van der Waals surface area contributed by atoms with Crippen LogP contribution in [0.4, 0.5) is 11.4 Å². The summed E-state index contributed by atoms with van der Waals surface area (Å²) < 4.78 is 0. The van der Waals surface area contributed by atoms with Crippen LogP contribution in [-0.4, -0.2) is 31.4 Å². The van der Waals surface area contributed by atoms with Crippen LogP contribution in [0, 0.1) is 0 Å². The highest BCUT2D eigenvalue weighted by molar-refractivity contribution is 6.19. The maximum Gasteiger partial charge on any atom is 0.247 e. The third-order valence-electron chi connectivity index (χ3n) is 3.11. The van der Waals surface area contributed by atoms with Crippen LogP contribution in [0.3, 0.4) is 0 Å². The second-order valence-corrected chi connectivity index (χ2v) is 4.93. The number of anilines is 2. The summed E-state index contributed by atoms with van der Waals surface area (Å²) in [6.07, 6.45) is 0.290. The molecule has 5 nitrogen and oxygen atoms in total. The zero-order chi connectivity index (χ0) is 14.0. The summed E-state index contributed by atoms with van der Waals surface area (Å²) >= 11 is 0. The first kappa shape index (κ1) is 13.5. The molecule has 0 aromatic heterocycles. The quantitative estimate of drug-likeness (QED) is 0.853. The van der Waals surface area contributed by atoms with E-state index in [0.29, 0.717) is 5.69 Å². The van der Waals surface area contributed by atoms with Gasteiger partial charge in [-0.15, -0.1) is 0 Å². The van der Waals surface area contributed by atoms with Gasteiger partial charge in [0.1, 0.15) is 0 Å². The summed E-state index contributed by atoms with van der Waals surface area (Å²) in [5.41, 5.74) is 2.55. The van der Waals surface area contributed by atoms with Gasteiger partial charge in [0.25, 0.3) is 0 Å². The van der Waals surface area contributed by atoms with Gasteiger partial charge < -0.3 is 10.6 Å². The fraction of sp³-hybridized carbons (Fsp3) is 0.429. The number of rotatable bonds is 4. The molecular weight excluding hydrogens is 242 g/mol. The van der Waals surface area contributed by atoms with E-state index in [1.54, 1.807) is 0 Å². The number of carbonyl (C=O) groups excluding carboxylic acids is 2. The molecule has 1 aliphatic heterocycles. The van der Waals surface area contributed by atoms with Gasteiger partial charge in [-0.1, -0.05) is 13.8 Å². The van der Waals surface area contributed by atoms with E-state index < -0.39 is 0 Å². The monoisotopic (exact) mass is 261 g/mol. The van der Waals surface area contributed by atoms with Gasteiger partial charge in [-0.25, -0.2) is 4.90 Å². The standard InChI is InChI=1S/C14H19N3O2/c1-9(2)16-8-14(19)17-12-5-4-11(15-3)6-10(12)7-13(17)18/h4-6,9,15-16H,7-8H2,1-3H3. The number of benzene rings is 1. The second-order valence-electron chi connectivity index (χ2n) is 4.93. The Balaban J connectivity index is 2.20. The zero-order valence-electron chi connectivity index (χ0n) is 11.5. The predicted molar refractivity (Wildman–Crippen MR) is 75.3 cm³/mol. The largest absolute Gasteiger partial charge is 0.388 e. The molecular formula is C14H19N3O2. The van der Waals surface area contributed by atoms with Crippen molar-refractivity contribution in [2.75, 3.05) is 23.8 Å². The van der Waals surface area contributed by atoms with Crippen LogP contribution in [0.15, 0.2) is 18.2 Å². The molecule has 102 valence electrons. The summed E-state index contributed by atoms with van der Waals surface area (Å²) in [6, 6.07) is 5.82. The lowest BCUT2D eigenvalue weighted by atomic mass is 10.1. The number of amides is 2. The molecule has 0 bridgehead atoms. The number of nitrogens with zero attached hydrogens (tertiary/aromatic N) is 1. The smallest absolute Gasteiger partial charge is 0.247 e. The first-order valence-corrected chi connectivity index (χ1v) is 6.42. The normalized spacial score (nSPS) is 13.9. The molecule has 5 heteroatoms. The topological polar surface area (TPSA) is 61.4 Å². The molecule has 0 atom stereocenters. The summed E-state index contributed by atoms with van der Waals surface area (Å²) in [6.45, 7) is 4.11. The molecule has 0 aliphatic carbocycles. The highest BCUT2D eigenvalue weighted by Gasteiger charge is 2.32. The zero-order valence-corrected chi connectivity index (χ0v) is 11.5. The Bertz CT molecular complexity index is 511. The van der Waals surface area contributed by atoms with Crippen molar-refractivity contribution in [1.82, 2.24) is 5.32 Å². The molecule has 0 radical (unpaired) electrons. The minimum Gasteiger partial charge on any atom is -0.388 e. The van der Waals surface area contributed by atoms with Crippen molar-refractivity contribution >= 4 is 23.2 Å². The molecule has 0 saturated carbocycles. The van der Waals surface area contributed by atoms with Crippen LogP contribution in [0.25, 0.3) is 0 Å². The maximum atomic E-state index is 12.1. The molecule has 0 fully saturated rings. The maximum absolute atomic E-state index is 12.1. The van der Waals surface area contributed by atoms with Gasteiger partial charge in [0.15, 0.2) is 0 Å². The van der Waals surface area contributed by atoms with E-state index in [4.69, 9.17) is 0 Å². The Hall–Kier alpha value is -1.88. The molecule has 19 heavy (non-hydrogen) atoms. The number of carbonyl (C=O) groups is 2. The van der Waals surface area contributed by atoms with Gasteiger partial charge in [-0.3, -0.25) is 9.59 Å². The van der Waals surface area contributed by atoms with Crippen molar-refractivity contribution in [3.63, 3.8) is 0 Å². The van der Waals surface area contributed by atoms with Crippen LogP contribution < -0.4 is 15.5 Å². The minimum atomic E-state index is -0.199. The van der Waals surface area contributed by atoms with Gasteiger partial charge in [0, 0.05) is 18.8 Å². The number of imide groups is 1. The van der Waals surface area contributed by atoms with Gasteiger partial charge >= 0.3 is 0 Å². The van der Waals surface area contributed by atoms with E-state index in [1.807, 2.05) is 39.1 Å². The van der Waals surface area contributed by atoms with Gasteiger partial charge in [-0.2, -0.15) is 0 Å². The molecule has 0 spiro atoms. The Labute approximate surface area is 113 Å². The van der Waals surface area contributed by atoms with Crippen molar-refractivity contribution < 1.29 is 9.59 Å². The van der Waals surface area contributed by atoms with E-state index in [2.05, 4.69) is 10.6 Å². The number of fused-ring (bicyclic) bond motifs is 1. The summed E-state index contributed by atoms with van der Waals surface area (Å²) in [4.78, 5) is 25.4.